The molecule has 4 unspecified atom stereocenters. The fourth-order valence-electron chi connectivity index (χ4n) is 5.86. The monoisotopic (exact) mass is 452 g/mol. The number of benzene rings is 1. The zero-order valence-corrected chi connectivity index (χ0v) is 19.4. The molecule has 4 atom stereocenters. The van der Waals surface area contributed by atoms with Crippen molar-refractivity contribution in [3.05, 3.63) is 100 Å². The number of nitrogens with zero attached hydrogens (tertiary/aromatic N) is 3. The topological polar surface area (TPSA) is 83.0 Å². The molecule has 1 fully saturated rings. The van der Waals surface area contributed by atoms with Crippen LogP contribution in [0.3, 0.4) is 0 Å². The summed E-state index contributed by atoms with van der Waals surface area (Å²) in [6.45, 7) is 4.75. The summed E-state index contributed by atoms with van der Waals surface area (Å²) in [5.74, 6) is 1.32. The molecule has 2 aliphatic heterocycles. The van der Waals surface area contributed by atoms with Gasteiger partial charge in [0.15, 0.2) is 5.78 Å². The third-order valence-electron chi connectivity index (χ3n) is 7.48. The van der Waals surface area contributed by atoms with E-state index in [1.165, 1.54) is 16.7 Å². The van der Waals surface area contributed by atoms with Crippen LogP contribution in [0.1, 0.15) is 56.9 Å². The van der Waals surface area contributed by atoms with Crippen molar-refractivity contribution >= 4 is 11.6 Å². The lowest BCUT2D eigenvalue weighted by molar-refractivity contribution is 0.0603. The van der Waals surface area contributed by atoms with Crippen LogP contribution < -0.4 is 5.73 Å². The zero-order valence-electron chi connectivity index (χ0n) is 19.4. The second kappa shape index (κ2) is 8.06. The number of fused-ring (bicyclic) bond motifs is 8. The average molecular weight is 453 g/mol. The molecule has 1 aromatic carbocycles. The molecular weight excluding hydrogens is 424 g/mol. The number of aryl methyl sites for hydroxylation is 2. The number of nitrogen functional groups attached to an aromatic ring is 1. The van der Waals surface area contributed by atoms with Gasteiger partial charge in [-0.3, -0.25) is 9.48 Å². The number of ether oxygens (including phenoxy) is 1. The fourth-order valence-corrected chi connectivity index (χ4v) is 5.86. The fraction of sp³-hybridized carbons (Fsp3) is 0.321. The van der Waals surface area contributed by atoms with Crippen LogP contribution in [0.15, 0.2) is 66.5 Å². The van der Waals surface area contributed by atoms with Crippen molar-refractivity contribution in [2.75, 3.05) is 5.73 Å². The summed E-state index contributed by atoms with van der Waals surface area (Å²) in [4.78, 5) is 17.4. The Hall–Kier alpha value is -3.51. The van der Waals surface area contributed by atoms with Crippen LogP contribution >= 0.6 is 0 Å². The molecular formula is C28H28N4O2. The molecule has 172 valence electrons. The molecule has 0 saturated carbocycles. The highest BCUT2D eigenvalue weighted by molar-refractivity contribution is 5.96. The maximum atomic E-state index is 13.1. The first-order valence-corrected chi connectivity index (χ1v) is 11.9. The highest BCUT2D eigenvalue weighted by Gasteiger charge is 2.51. The smallest absolute Gasteiger partial charge is 0.163 e. The Labute approximate surface area is 199 Å². The number of hydrogen-bond acceptors (Lipinski definition) is 5. The summed E-state index contributed by atoms with van der Waals surface area (Å²) in [6.07, 6.45) is 11.8. The molecule has 6 rings (SSSR count). The molecule has 4 heterocycles. The zero-order chi connectivity index (χ0) is 23.4. The third kappa shape index (κ3) is 3.49. The van der Waals surface area contributed by atoms with E-state index in [1.54, 1.807) is 6.20 Å². The van der Waals surface area contributed by atoms with Crippen LogP contribution in [-0.4, -0.2) is 20.5 Å². The van der Waals surface area contributed by atoms with Gasteiger partial charge in [0.05, 0.1) is 18.8 Å². The van der Waals surface area contributed by atoms with E-state index in [0.717, 1.165) is 28.9 Å². The SMILES string of the molecule is Cc1cc(N)nc(C)c1CCC(=O)c1ccc2c(c1)C1OC2C2C=C(Cn3cccn3)C=CC12. The average Bonchev–Trinajstić information content (AvgIpc) is 3.54. The number of ketones is 1. The summed E-state index contributed by atoms with van der Waals surface area (Å²) in [5.41, 5.74) is 13.4. The Morgan fingerprint density at radius 3 is 2.79 bits per heavy atom. The number of aromatic nitrogens is 3. The molecule has 1 saturated heterocycles. The van der Waals surface area contributed by atoms with Gasteiger partial charge in [0.25, 0.3) is 0 Å². The van der Waals surface area contributed by atoms with E-state index in [4.69, 9.17) is 10.5 Å². The minimum atomic E-state index is 0.0160. The largest absolute Gasteiger partial charge is 0.384 e. The highest BCUT2D eigenvalue weighted by atomic mass is 16.5. The summed E-state index contributed by atoms with van der Waals surface area (Å²) < 4.78 is 8.37. The van der Waals surface area contributed by atoms with Crippen molar-refractivity contribution in [3.63, 3.8) is 0 Å². The van der Waals surface area contributed by atoms with E-state index in [-0.39, 0.29) is 18.0 Å². The van der Waals surface area contributed by atoms with Crippen LogP contribution in [0.5, 0.6) is 0 Å². The molecule has 34 heavy (non-hydrogen) atoms. The molecule has 0 radical (unpaired) electrons. The highest BCUT2D eigenvalue weighted by Crippen LogP contribution is 2.59. The second-order valence-electron chi connectivity index (χ2n) is 9.63. The first-order chi connectivity index (χ1) is 16.5. The number of carbonyl (C=O) groups excluding carboxylic acids is 1. The van der Waals surface area contributed by atoms with Crippen molar-refractivity contribution in [2.45, 2.75) is 45.4 Å². The molecule has 2 N–H and O–H groups in total. The first-order valence-electron chi connectivity index (χ1n) is 11.9. The maximum absolute atomic E-state index is 13.1. The molecule has 1 aliphatic carbocycles. The van der Waals surface area contributed by atoms with Crippen molar-refractivity contribution in [3.8, 4) is 0 Å². The third-order valence-corrected chi connectivity index (χ3v) is 7.48. The molecule has 2 aromatic heterocycles. The Balaban J connectivity index is 1.19. The number of anilines is 1. The van der Waals surface area contributed by atoms with Crippen LogP contribution in [0, 0.1) is 25.7 Å². The van der Waals surface area contributed by atoms with Gasteiger partial charge in [-0.05, 0) is 66.3 Å². The predicted octanol–water partition coefficient (Wildman–Crippen LogP) is 4.85. The van der Waals surface area contributed by atoms with Gasteiger partial charge >= 0.3 is 0 Å². The lowest BCUT2D eigenvalue weighted by Crippen LogP contribution is -2.22. The molecule has 3 aliphatic rings. The number of carbonyl (C=O) groups is 1. The van der Waals surface area contributed by atoms with Crippen LogP contribution in [-0.2, 0) is 17.7 Å². The van der Waals surface area contributed by atoms with Gasteiger partial charge in [-0.15, -0.1) is 0 Å². The number of Topliss-reactive ketones (excluding diaryl/α,β-unsaturated/α-hetero) is 1. The Kier molecular flexibility index (Phi) is 4.99. The molecule has 0 spiro atoms. The first kappa shape index (κ1) is 21.1. The molecule has 3 aromatic rings. The quantitative estimate of drug-likeness (QED) is 0.541. The Morgan fingerprint density at radius 2 is 2.00 bits per heavy atom. The maximum Gasteiger partial charge on any atom is 0.163 e. The normalized spacial score (nSPS) is 24.1. The van der Waals surface area contributed by atoms with Crippen molar-refractivity contribution in [1.29, 1.82) is 0 Å². The van der Waals surface area contributed by atoms with Crippen LogP contribution in [0.2, 0.25) is 0 Å². The van der Waals surface area contributed by atoms with Crippen LogP contribution in [0.25, 0.3) is 0 Å². The van der Waals surface area contributed by atoms with Gasteiger partial charge in [0, 0.05) is 41.9 Å². The molecule has 2 bridgehead atoms. The molecule has 0 amide bonds. The van der Waals surface area contributed by atoms with E-state index >= 15 is 0 Å². The minimum Gasteiger partial charge on any atom is -0.384 e. The van der Waals surface area contributed by atoms with Crippen molar-refractivity contribution in [2.24, 2.45) is 11.8 Å². The number of nitrogens with two attached hydrogens (primary N) is 1. The van der Waals surface area contributed by atoms with Gasteiger partial charge in [0.2, 0.25) is 0 Å². The lowest BCUT2D eigenvalue weighted by atomic mass is 9.72. The minimum absolute atomic E-state index is 0.0160. The van der Waals surface area contributed by atoms with Gasteiger partial charge in [-0.1, -0.05) is 30.4 Å². The standard InChI is InChI=1S/C28H28N4O2/c1-16-12-26(29)31-17(2)20(16)8-9-25(33)19-5-7-22-24(14-19)28-21-6-4-18(13-23(21)27(22)34-28)15-32-11-3-10-30-32/h3-7,10-14,21,23,27-28H,8-9,15H2,1-2H3,(H2,29,31). The number of allylic oxidation sites excluding steroid dienone is 2. The lowest BCUT2D eigenvalue weighted by Gasteiger charge is -2.29. The Bertz CT molecular complexity index is 1320. The molecule has 6 heteroatoms. The van der Waals surface area contributed by atoms with Crippen LogP contribution in [0.4, 0.5) is 5.82 Å². The number of hydrogen-bond donors (Lipinski definition) is 1. The van der Waals surface area contributed by atoms with Gasteiger partial charge in [-0.2, -0.15) is 5.10 Å². The van der Waals surface area contributed by atoms with E-state index in [2.05, 4.69) is 40.4 Å². The summed E-state index contributed by atoms with van der Waals surface area (Å²) in [7, 11) is 0. The number of rotatable bonds is 6. The van der Waals surface area contributed by atoms with E-state index in [0.29, 0.717) is 30.5 Å². The van der Waals surface area contributed by atoms with Crippen molar-refractivity contribution in [1.82, 2.24) is 14.8 Å². The molecule has 6 nitrogen and oxygen atoms in total. The summed E-state index contributed by atoms with van der Waals surface area (Å²) in [6, 6.07) is 9.95. The second-order valence-corrected chi connectivity index (χ2v) is 9.63. The Morgan fingerprint density at radius 1 is 1.15 bits per heavy atom. The summed E-state index contributed by atoms with van der Waals surface area (Å²) >= 11 is 0. The van der Waals surface area contributed by atoms with E-state index in [9.17, 15) is 4.79 Å². The number of pyridine rings is 1. The van der Waals surface area contributed by atoms with Gasteiger partial charge in [0.1, 0.15) is 5.82 Å². The van der Waals surface area contributed by atoms with Gasteiger partial charge in [-0.25, -0.2) is 4.98 Å². The van der Waals surface area contributed by atoms with Gasteiger partial charge < -0.3 is 10.5 Å². The van der Waals surface area contributed by atoms with E-state index in [1.807, 2.05) is 42.9 Å². The van der Waals surface area contributed by atoms with Crippen molar-refractivity contribution < 1.29 is 9.53 Å². The van der Waals surface area contributed by atoms with E-state index < -0.39 is 0 Å². The predicted molar refractivity (Wildman–Crippen MR) is 130 cm³/mol. The summed E-state index contributed by atoms with van der Waals surface area (Å²) in [5, 5.41) is 4.32.